The first kappa shape index (κ1) is 17.6. The Labute approximate surface area is 185 Å². The van der Waals surface area contributed by atoms with Gasteiger partial charge < -0.3 is 9.64 Å². The molecule has 0 saturated heterocycles. The second kappa shape index (κ2) is 5.98. The molecular weight excluding hydrogens is 394 g/mol. The molecule has 2 aliphatic heterocycles. The molecule has 0 radical (unpaired) electrons. The van der Waals surface area contributed by atoms with Crippen LogP contribution in [0.25, 0.3) is 21.5 Å². The summed E-state index contributed by atoms with van der Waals surface area (Å²) in [5.74, 6) is 1.59. The van der Waals surface area contributed by atoms with E-state index in [4.69, 9.17) is 4.74 Å². The van der Waals surface area contributed by atoms with E-state index < -0.39 is 5.41 Å². The van der Waals surface area contributed by atoms with E-state index in [2.05, 4.69) is 54.6 Å². The minimum Gasteiger partial charge on any atom is -0.455 e. The number of anilines is 1. The van der Waals surface area contributed by atoms with Gasteiger partial charge in [-0.15, -0.1) is 0 Å². The van der Waals surface area contributed by atoms with Crippen molar-refractivity contribution in [3.05, 3.63) is 114 Å². The molecule has 0 aromatic heterocycles. The van der Waals surface area contributed by atoms with Crippen molar-refractivity contribution in [1.29, 1.82) is 0 Å². The number of likely N-dealkylation sites (N-methyl/N-ethyl adjacent to an activating group) is 1. The van der Waals surface area contributed by atoms with Gasteiger partial charge in [-0.2, -0.15) is 0 Å². The highest BCUT2D eigenvalue weighted by Gasteiger charge is 2.57. The average Bonchev–Trinajstić information content (AvgIpc) is 3.07. The number of amides is 1. The van der Waals surface area contributed by atoms with Gasteiger partial charge in [0.25, 0.3) is 0 Å². The number of ether oxygens (including phenoxy) is 1. The Bertz CT molecular complexity index is 1520. The fourth-order valence-corrected chi connectivity index (χ4v) is 5.62. The third-order valence-electron chi connectivity index (χ3n) is 7.07. The van der Waals surface area contributed by atoms with Gasteiger partial charge in [0, 0.05) is 40.2 Å². The molecular formula is C29H19NO2. The van der Waals surface area contributed by atoms with Crippen molar-refractivity contribution in [3.8, 4) is 11.5 Å². The zero-order valence-corrected chi connectivity index (χ0v) is 17.5. The molecule has 0 aliphatic carbocycles. The third kappa shape index (κ3) is 1.94. The Hall–Kier alpha value is -4.11. The van der Waals surface area contributed by atoms with Gasteiger partial charge in [0.15, 0.2) is 0 Å². The van der Waals surface area contributed by atoms with Gasteiger partial charge in [-0.25, -0.2) is 0 Å². The van der Waals surface area contributed by atoms with Crippen molar-refractivity contribution < 1.29 is 9.53 Å². The lowest BCUT2D eigenvalue weighted by molar-refractivity contribution is -0.120. The van der Waals surface area contributed by atoms with Gasteiger partial charge >= 0.3 is 0 Å². The Morgan fingerprint density at radius 1 is 0.625 bits per heavy atom. The van der Waals surface area contributed by atoms with E-state index in [1.807, 2.05) is 49.5 Å². The first-order valence-corrected chi connectivity index (χ1v) is 10.8. The highest BCUT2D eigenvalue weighted by atomic mass is 16.5. The molecule has 2 heterocycles. The summed E-state index contributed by atoms with van der Waals surface area (Å²) in [4.78, 5) is 16.0. The molecule has 0 bridgehead atoms. The second-order valence-corrected chi connectivity index (χ2v) is 8.56. The van der Waals surface area contributed by atoms with E-state index in [9.17, 15) is 4.79 Å². The zero-order chi connectivity index (χ0) is 21.4. The van der Waals surface area contributed by atoms with Crippen LogP contribution in [0, 0.1) is 0 Å². The standard InChI is InChI=1S/C29H19NO2/c1-30-25-13-7-6-12-22(25)29(28(30)31)23-16-14-18-8-2-4-10-20(18)26(23)32-27-21-11-5-3-9-19(21)15-17-24(27)29/h2-17H,1H3. The maximum absolute atomic E-state index is 14.2. The van der Waals surface area contributed by atoms with Crippen molar-refractivity contribution in [2.24, 2.45) is 0 Å². The van der Waals surface area contributed by atoms with Crippen LogP contribution in [0.4, 0.5) is 5.69 Å². The van der Waals surface area contributed by atoms with E-state index >= 15 is 0 Å². The van der Waals surface area contributed by atoms with E-state index in [1.54, 1.807) is 4.90 Å². The normalized spacial score (nSPS) is 15.5. The van der Waals surface area contributed by atoms with Crippen LogP contribution in [-0.4, -0.2) is 13.0 Å². The zero-order valence-electron chi connectivity index (χ0n) is 17.5. The fourth-order valence-electron chi connectivity index (χ4n) is 5.62. The molecule has 3 heteroatoms. The monoisotopic (exact) mass is 413 g/mol. The molecule has 1 spiro atoms. The van der Waals surface area contributed by atoms with Gasteiger partial charge in [0.1, 0.15) is 16.9 Å². The number of benzene rings is 5. The van der Waals surface area contributed by atoms with Crippen molar-refractivity contribution in [2.75, 3.05) is 11.9 Å². The highest BCUT2D eigenvalue weighted by Crippen LogP contribution is 2.59. The minimum absolute atomic E-state index is 0.0510. The molecule has 3 nitrogen and oxygen atoms in total. The number of rotatable bonds is 0. The molecule has 7 rings (SSSR count). The molecule has 1 amide bonds. The molecule has 0 N–H and O–H groups in total. The smallest absolute Gasteiger partial charge is 0.246 e. The van der Waals surface area contributed by atoms with Gasteiger partial charge in [-0.1, -0.05) is 91.0 Å². The van der Waals surface area contributed by atoms with Gasteiger partial charge in [0.05, 0.1) is 0 Å². The van der Waals surface area contributed by atoms with E-state index in [0.717, 1.165) is 55.4 Å². The molecule has 0 atom stereocenters. The van der Waals surface area contributed by atoms with Crippen molar-refractivity contribution in [2.45, 2.75) is 5.41 Å². The van der Waals surface area contributed by atoms with E-state index in [1.165, 1.54) is 0 Å². The summed E-state index contributed by atoms with van der Waals surface area (Å²) < 4.78 is 6.72. The highest BCUT2D eigenvalue weighted by molar-refractivity contribution is 6.15. The van der Waals surface area contributed by atoms with Crippen molar-refractivity contribution in [3.63, 3.8) is 0 Å². The predicted octanol–water partition coefficient (Wildman–Crippen LogP) is 6.41. The predicted molar refractivity (Wildman–Crippen MR) is 128 cm³/mol. The van der Waals surface area contributed by atoms with Crippen LogP contribution >= 0.6 is 0 Å². The first-order valence-electron chi connectivity index (χ1n) is 10.8. The van der Waals surface area contributed by atoms with Crippen LogP contribution in [0.3, 0.4) is 0 Å². The third-order valence-corrected chi connectivity index (χ3v) is 7.07. The summed E-state index contributed by atoms with van der Waals surface area (Å²) in [6, 6.07) is 32.9. The summed E-state index contributed by atoms with van der Waals surface area (Å²) >= 11 is 0. The van der Waals surface area contributed by atoms with Crippen LogP contribution in [-0.2, 0) is 10.2 Å². The minimum atomic E-state index is -0.942. The number of fused-ring (bicyclic) bond motifs is 10. The molecule has 5 aromatic rings. The fraction of sp³-hybridized carbons (Fsp3) is 0.0690. The number of para-hydroxylation sites is 1. The van der Waals surface area contributed by atoms with Gasteiger partial charge in [-0.3, -0.25) is 4.79 Å². The Balaban J connectivity index is 1.71. The Kier molecular flexibility index (Phi) is 3.28. The van der Waals surface area contributed by atoms with Crippen molar-refractivity contribution in [1.82, 2.24) is 0 Å². The largest absolute Gasteiger partial charge is 0.455 e. The Morgan fingerprint density at radius 2 is 1.16 bits per heavy atom. The number of nitrogens with zero attached hydrogens (tertiary/aromatic N) is 1. The molecule has 2 aliphatic rings. The summed E-state index contributed by atoms with van der Waals surface area (Å²) in [5.41, 5.74) is 2.81. The van der Waals surface area contributed by atoms with Crippen LogP contribution < -0.4 is 9.64 Å². The lowest BCUT2D eigenvalue weighted by atomic mass is 9.67. The van der Waals surface area contributed by atoms with Gasteiger partial charge in [0.2, 0.25) is 5.91 Å². The second-order valence-electron chi connectivity index (χ2n) is 8.56. The first-order chi connectivity index (χ1) is 15.7. The van der Waals surface area contributed by atoms with E-state index in [0.29, 0.717) is 0 Å². The molecule has 0 unspecified atom stereocenters. The summed E-state index contributed by atoms with van der Waals surface area (Å²) in [6.07, 6.45) is 0. The quantitative estimate of drug-likeness (QED) is 0.294. The van der Waals surface area contributed by atoms with Crippen LogP contribution in [0.5, 0.6) is 11.5 Å². The summed E-state index contributed by atoms with van der Waals surface area (Å²) in [5, 5.41) is 4.22. The molecule has 5 aromatic carbocycles. The summed E-state index contributed by atoms with van der Waals surface area (Å²) in [7, 11) is 1.87. The van der Waals surface area contributed by atoms with Crippen LogP contribution in [0.1, 0.15) is 16.7 Å². The van der Waals surface area contributed by atoms with E-state index in [-0.39, 0.29) is 5.91 Å². The average molecular weight is 413 g/mol. The number of hydrogen-bond donors (Lipinski definition) is 0. The van der Waals surface area contributed by atoms with Crippen LogP contribution in [0.2, 0.25) is 0 Å². The van der Waals surface area contributed by atoms with Gasteiger partial charge in [-0.05, 0) is 16.8 Å². The Morgan fingerprint density at radius 3 is 1.78 bits per heavy atom. The molecule has 0 saturated carbocycles. The molecule has 32 heavy (non-hydrogen) atoms. The molecule has 0 fully saturated rings. The van der Waals surface area contributed by atoms with Crippen molar-refractivity contribution >= 4 is 33.1 Å². The summed E-state index contributed by atoms with van der Waals surface area (Å²) in [6.45, 7) is 0. The SMILES string of the molecule is CN1C(=O)C2(c3ccccc31)c1ccc3ccccc3c1Oc1c2ccc2ccccc12. The lowest BCUT2D eigenvalue weighted by Gasteiger charge is -2.37. The maximum atomic E-state index is 14.2. The van der Waals surface area contributed by atoms with Crippen LogP contribution in [0.15, 0.2) is 97.1 Å². The maximum Gasteiger partial charge on any atom is 0.246 e. The molecule has 152 valence electrons. The number of carbonyl (C=O) groups is 1. The lowest BCUT2D eigenvalue weighted by Crippen LogP contribution is -2.42. The topological polar surface area (TPSA) is 29.5 Å². The number of hydrogen-bond acceptors (Lipinski definition) is 2. The number of carbonyl (C=O) groups excluding carboxylic acids is 1.